The predicted octanol–water partition coefficient (Wildman–Crippen LogP) is 0.869. The van der Waals surface area contributed by atoms with Gasteiger partial charge in [-0.1, -0.05) is 13.2 Å². The molecule has 0 radical (unpaired) electrons. The highest BCUT2D eigenvalue weighted by Gasteiger charge is 2.23. The van der Waals surface area contributed by atoms with Gasteiger partial charge in [0.1, 0.15) is 0 Å². The topological polar surface area (TPSA) is 46.2 Å². The minimum atomic E-state index is -4.30. The van der Waals surface area contributed by atoms with Crippen molar-refractivity contribution in [1.29, 1.82) is 0 Å². The summed E-state index contributed by atoms with van der Waals surface area (Å²) < 4.78 is 47.5. The first kappa shape index (κ1) is 11.2. The van der Waals surface area contributed by atoms with Crippen LogP contribution in [0.3, 0.4) is 0 Å². The summed E-state index contributed by atoms with van der Waals surface area (Å²) in [5.74, 6) is 0. The second kappa shape index (κ2) is 4.32. The largest absolute Gasteiger partial charge is 0.250 e. The fourth-order valence-corrected chi connectivity index (χ4v) is 1.19. The van der Waals surface area contributed by atoms with E-state index in [1.165, 1.54) is 4.72 Å². The van der Waals surface area contributed by atoms with Crippen LogP contribution in [0.15, 0.2) is 25.3 Å². The molecule has 0 amide bonds. The Labute approximate surface area is 69.8 Å². The van der Waals surface area contributed by atoms with Crippen molar-refractivity contribution in [3.63, 3.8) is 0 Å². The van der Waals surface area contributed by atoms with Gasteiger partial charge in [0.05, 0.1) is 0 Å². The summed E-state index contributed by atoms with van der Waals surface area (Å²) in [6.07, 6.45) is -0.723. The van der Waals surface area contributed by atoms with Crippen LogP contribution in [0, 0.1) is 0 Å². The summed E-state index contributed by atoms with van der Waals surface area (Å²) in [5, 5.41) is 0. The minimum Gasteiger partial charge on any atom is -0.225 e. The second-order valence-electron chi connectivity index (χ2n) is 1.89. The van der Waals surface area contributed by atoms with Gasteiger partial charge in [-0.25, -0.2) is 17.2 Å². The Morgan fingerprint density at radius 1 is 1.25 bits per heavy atom. The lowest BCUT2D eigenvalue weighted by Gasteiger charge is -2.08. The average molecular weight is 197 g/mol. The molecule has 6 heteroatoms. The number of rotatable bonds is 5. The molecule has 0 aromatic heterocycles. The molecule has 0 aromatic rings. The van der Waals surface area contributed by atoms with Crippen LogP contribution in [0.25, 0.3) is 0 Å². The highest BCUT2D eigenvalue weighted by atomic mass is 32.2. The average Bonchev–Trinajstić information content (AvgIpc) is 2.02. The molecule has 2 unspecified atom stereocenters. The smallest absolute Gasteiger partial charge is 0.225 e. The lowest BCUT2D eigenvalue weighted by molar-refractivity contribution is 0.369. The molecule has 0 spiro atoms. The Kier molecular flexibility index (Phi) is 4.05. The molecule has 1 N–H and O–H groups in total. The van der Waals surface area contributed by atoms with Gasteiger partial charge in [0, 0.05) is 0 Å². The standard InChI is InChI=1S/C6H9F2NO2S/c1-3-5(7)9-12(10,11)6(8)4-2/h3-6,9H,1-2H2. The monoisotopic (exact) mass is 197 g/mol. The summed E-state index contributed by atoms with van der Waals surface area (Å²) >= 11 is 0. The van der Waals surface area contributed by atoms with E-state index in [4.69, 9.17) is 0 Å². The molecule has 0 saturated carbocycles. The molecule has 0 aliphatic carbocycles. The maximum atomic E-state index is 12.4. The third-order valence-corrected chi connectivity index (χ3v) is 2.30. The van der Waals surface area contributed by atoms with Gasteiger partial charge in [0.15, 0.2) is 6.30 Å². The maximum absolute atomic E-state index is 12.4. The molecule has 0 aliphatic rings. The highest BCUT2D eigenvalue weighted by molar-refractivity contribution is 7.90. The van der Waals surface area contributed by atoms with Crippen LogP contribution in [0.2, 0.25) is 0 Å². The van der Waals surface area contributed by atoms with Crippen LogP contribution >= 0.6 is 0 Å². The van der Waals surface area contributed by atoms with Crippen LogP contribution in [0.4, 0.5) is 8.78 Å². The van der Waals surface area contributed by atoms with Crippen LogP contribution < -0.4 is 4.72 Å². The van der Waals surface area contributed by atoms with E-state index >= 15 is 0 Å². The Hall–Kier alpha value is -0.750. The normalized spacial score (nSPS) is 16.5. The SMILES string of the molecule is C=CC(F)NS(=O)(=O)C(F)C=C. The van der Waals surface area contributed by atoms with Crippen molar-refractivity contribution in [3.8, 4) is 0 Å². The van der Waals surface area contributed by atoms with Gasteiger partial charge in [-0.05, 0) is 12.2 Å². The molecule has 12 heavy (non-hydrogen) atoms. The van der Waals surface area contributed by atoms with Gasteiger partial charge in [0.25, 0.3) is 0 Å². The molecule has 0 rings (SSSR count). The first-order valence-electron chi connectivity index (χ1n) is 2.98. The maximum Gasteiger partial charge on any atom is 0.250 e. The summed E-state index contributed by atoms with van der Waals surface area (Å²) in [6, 6.07) is 0. The van der Waals surface area contributed by atoms with Crippen molar-refractivity contribution in [2.45, 2.75) is 11.8 Å². The first-order valence-corrected chi connectivity index (χ1v) is 4.53. The molecule has 2 atom stereocenters. The summed E-state index contributed by atoms with van der Waals surface area (Å²) in [5.41, 5.74) is -2.31. The van der Waals surface area contributed by atoms with E-state index in [1.54, 1.807) is 0 Å². The molecular weight excluding hydrogens is 188 g/mol. The van der Waals surface area contributed by atoms with Crippen molar-refractivity contribution < 1.29 is 17.2 Å². The Morgan fingerprint density at radius 2 is 1.75 bits per heavy atom. The van der Waals surface area contributed by atoms with Gasteiger partial charge in [0.2, 0.25) is 15.5 Å². The van der Waals surface area contributed by atoms with Crippen molar-refractivity contribution >= 4 is 10.0 Å². The van der Waals surface area contributed by atoms with E-state index in [2.05, 4.69) is 13.2 Å². The van der Waals surface area contributed by atoms with E-state index in [0.29, 0.717) is 12.2 Å². The van der Waals surface area contributed by atoms with Crippen molar-refractivity contribution in [1.82, 2.24) is 4.72 Å². The molecular formula is C6H9F2NO2S. The van der Waals surface area contributed by atoms with E-state index in [0.717, 1.165) is 0 Å². The molecule has 3 nitrogen and oxygen atoms in total. The predicted molar refractivity (Wildman–Crippen MR) is 42.2 cm³/mol. The van der Waals surface area contributed by atoms with Gasteiger partial charge in [-0.3, -0.25) is 0 Å². The van der Waals surface area contributed by atoms with E-state index in [1.807, 2.05) is 0 Å². The second-order valence-corrected chi connectivity index (χ2v) is 3.66. The van der Waals surface area contributed by atoms with Gasteiger partial charge in [-0.2, -0.15) is 4.72 Å². The number of sulfonamides is 1. The number of nitrogens with one attached hydrogen (secondary N) is 1. The number of halogens is 2. The summed E-state index contributed by atoms with van der Waals surface area (Å²) in [7, 11) is -4.30. The lowest BCUT2D eigenvalue weighted by Crippen LogP contribution is -2.35. The van der Waals surface area contributed by atoms with Crippen molar-refractivity contribution in [3.05, 3.63) is 25.3 Å². The van der Waals surface area contributed by atoms with Crippen LogP contribution in [-0.2, 0) is 10.0 Å². The van der Waals surface area contributed by atoms with E-state index in [9.17, 15) is 17.2 Å². The van der Waals surface area contributed by atoms with Crippen molar-refractivity contribution in [2.75, 3.05) is 0 Å². The van der Waals surface area contributed by atoms with Gasteiger partial charge in [-0.15, -0.1) is 0 Å². The fraction of sp³-hybridized carbons (Fsp3) is 0.333. The molecule has 0 bridgehead atoms. The molecule has 0 saturated heterocycles. The van der Waals surface area contributed by atoms with Crippen LogP contribution in [0.1, 0.15) is 0 Å². The fourth-order valence-electron chi connectivity index (χ4n) is 0.397. The van der Waals surface area contributed by atoms with Gasteiger partial charge >= 0.3 is 0 Å². The van der Waals surface area contributed by atoms with Crippen LogP contribution in [0.5, 0.6) is 0 Å². The Balaban J connectivity index is 4.43. The molecule has 0 heterocycles. The summed E-state index contributed by atoms with van der Waals surface area (Å²) in [6.45, 7) is 5.90. The number of hydrogen-bond donors (Lipinski definition) is 1. The number of alkyl halides is 2. The third-order valence-electron chi connectivity index (χ3n) is 0.966. The molecule has 70 valence electrons. The number of hydrogen-bond acceptors (Lipinski definition) is 2. The van der Waals surface area contributed by atoms with Crippen molar-refractivity contribution in [2.24, 2.45) is 0 Å². The first-order chi connectivity index (χ1) is 5.44. The van der Waals surface area contributed by atoms with E-state index < -0.39 is 21.8 Å². The van der Waals surface area contributed by atoms with Crippen LogP contribution in [-0.4, -0.2) is 20.2 Å². The highest BCUT2D eigenvalue weighted by Crippen LogP contribution is 2.03. The lowest BCUT2D eigenvalue weighted by atomic mass is 10.6. The third kappa shape index (κ3) is 3.10. The zero-order valence-electron chi connectivity index (χ0n) is 6.20. The van der Waals surface area contributed by atoms with Gasteiger partial charge < -0.3 is 0 Å². The Morgan fingerprint density at radius 3 is 2.08 bits per heavy atom. The zero-order valence-corrected chi connectivity index (χ0v) is 7.02. The zero-order chi connectivity index (χ0) is 9.78. The minimum absolute atomic E-state index is 0.554. The summed E-state index contributed by atoms with van der Waals surface area (Å²) in [4.78, 5) is 0. The molecule has 0 aliphatic heterocycles. The Bertz CT molecular complexity index is 263. The molecule has 0 aromatic carbocycles. The quantitative estimate of drug-likeness (QED) is 0.525. The van der Waals surface area contributed by atoms with E-state index in [-0.39, 0.29) is 0 Å². The molecule has 0 fully saturated rings.